The third-order valence-electron chi connectivity index (χ3n) is 5.14. The van der Waals surface area contributed by atoms with Gasteiger partial charge in [-0.25, -0.2) is 18.9 Å². The van der Waals surface area contributed by atoms with E-state index < -0.39 is 29.9 Å². The van der Waals surface area contributed by atoms with Gasteiger partial charge in [-0.15, -0.1) is 0 Å². The van der Waals surface area contributed by atoms with Gasteiger partial charge in [0.2, 0.25) is 0 Å². The van der Waals surface area contributed by atoms with E-state index in [4.69, 9.17) is 11.6 Å². The summed E-state index contributed by atoms with van der Waals surface area (Å²) in [5.74, 6) is -1.84. The van der Waals surface area contributed by atoms with Gasteiger partial charge in [0.15, 0.2) is 28.2 Å². The lowest BCUT2D eigenvalue weighted by Crippen LogP contribution is -2.42. The van der Waals surface area contributed by atoms with Crippen molar-refractivity contribution >= 4 is 35.1 Å². The number of halogens is 4. The zero-order chi connectivity index (χ0) is 25.5. The molecule has 2 amide bonds. The monoisotopic (exact) mass is 506 g/mol. The highest BCUT2D eigenvalue weighted by Gasteiger charge is 2.38. The third-order valence-corrected chi connectivity index (χ3v) is 5.40. The van der Waals surface area contributed by atoms with E-state index in [1.807, 2.05) is 6.07 Å². The number of alkyl halides is 2. The Balaban J connectivity index is 1.72. The first-order chi connectivity index (χ1) is 16.5. The Morgan fingerprint density at radius 2 is 2.06 bits per heavy atom. The number of imidazole rings is 1. The van der Waals surface area contributed by atoms with Crippen molar-refractivity contribution < 1.29 is 27.9 Å². The van der Waals surface area contributed by atoms with Gasteiger partial charge in [-0.3, -0.25) is 15.1 Å². The van der Waals surface area contributed by atoms with Crippen molar-refractivity contribution in [2.24, 2.45) is 4.99 Å². The van der Waals surface area contributed by atoms with Crippen molar-refractivity contribution in [3.05, 3.63) is 64.2 Å². The largest absolute Gasteiger partial charge is 0.465 e. The molecule has 1 unspecified atom stereocenters. The molecule has 1 aliphatic rings. The molecule has 0 saturated heterocycles. The second-order valence-corrected chi connectivity index (χ2v) is 7.90. The van der Waals surface area contributed by atoms with Gasteiger partial charge in [0, 0.05) is 17.4 Å². The molecule has 0 fully saturated rings. The highest BCUT2D eigenvalue weighted by atomic mass is 35.5. The fourth-order valence-corrected chi connectivity index (χ4v) is 3.84. The van der Waals surface area contributed by atoms with Gasteiger partial charge in [0.1, 0.15) is 17.4 Å². The lowest BCUT2D eigenvalue weighted by atomic mass is 9.90. The van der Waals surface area contributed by atoms with Crippen LogP contribution in [0.2, 0.25) is 5.15 Å². The number of nitrogens with one attached hydrogen (secondary N) is 2. The summed E-state index contributed by atoms with van der Waals surface area (Å²) in [6.07, 6.45) is -0.535. The Hall–Kier alpha value is -4.38. The molecule has 0 saturated carbocycles. The van der Waals surface area contributed by atoms with Crippen LogP contribution in [0.3, 0.4) is 0 Å². The van der Waals surface area contributed by atoms with E-state index in [-0.39, 0.29) is 46.0 Å². The molecule has 0 radical (unpaired) electrons. The second-order valence-electron chi connectivity index (χ2n) is 7.54. The number of hydrogen-bond acceptors (Lipinski definition) is 6. The van der Waals surface area contributed by atoms with Crippen LogP contribution >= 0.6 is 11.6 Å². The summed E-state index contributed by atoms with van der Waals surface area (Å²) < 4.78 is 42.0. The molecule has 35 heavy (non-hydrogen) atoms. The standard InChI is InChI=1S/C20H14ClF3N8O3/c1-20(8-31-13(7-25)14(21)27-16(31)15(29-20)28-19(34)35)10-6-9(2-3-11(10)22)26-17(33)12-4-5-32(30-12)18(23)24/h2-6,18H,8H2,1H3,(H,26,33)(H,28,29)(H,34,35). The highest BCUT2D eigenvalue weighted by molar-refractivity contribution is 6.30. The number of carboxylic acid groups (broad SMARTS) is 1. The number of rotatable bonds is 4. The summed E-state index contributed by atoms with van der Waals surface area (Å²) in [6.45, 7) is -1.57. The molecule has 3 aromatic rings. The van der Waals surface area contributed by atoms with Crippen LogP contribution in [0.15, 0.2) is 35.5 Å². The maximum Gasteiger partial charge on any atom is 0.410 e. The number of nitriles is 1. The third kappa shape index (κ3) is 4.41. The van der Waals surface area contributed by atoms with Crippen LogP contribution in [-0.4, -0.2) is 42.3 Å². The van der Waals surface area contributed by atoms with Gasteiger partial charge in [-0.1, -0.05) is 11.6 Å². The number of fused-ring (bicyclic) bond motifs is 1. The average molecular weight is 507 g/mol. The summed E-state index contributed by atoms with van der Waals surface area (Å²) in [5.41, 5.74) is -1.80. The SMILES string of the molecule is CC1(c2cc(NC(=O)c3ccn(C(F)F)n3)ccc2F)Cn2c(nc(Cl)c2C#N)C(NC(=O)O)=N1. The number of anilines is 1. The molecule has 4 rings (SSSR count). The molecule has 3 heterocycles. The van der Waals surface area contributed by atoms with Crippen LogP contribution in [0, 0.1) is 17.1 Å². The molecule has 1 aliphatic heterocycles. The Bertz CT molecular complexity index is 1430. The highest BCUT2D eigenvalue weighted by Crippen LogP contribution is 2.36. The fourth-order valence-electron chi connectivity index (χ4n) is 3.61. The smallest absolute Gasteiger partial charge is 0.410 e. The fraction of sp³-hybridized carbons (Fsp3) is 0.200. The normalized spacial score (nSPS) is 16.9. The molecule has 0 aliphatic carbocycles. The maximum absolute atomic E-state index is 15.0. The molecule has 11 nitrogen and oxygen atoms in total. The summed E-state index contributed by atoms with van der Waals surface area (Å²) in [7, 11) is 0. The van der Waals surface area contributed by atoms with Gasteiger partial charge in [0.25, 0.3) is 5.91 Å². The van der Waals surface area contributed by atoms with E-state index in [2.05, 4.69) is 25.7 Å². The molecular formula is C20H14ClF3N8O3. The summed E-state index contributed by atoms with van der Waals surface area (Å²) in [4.78, 5) is 32.1. The van der Waals surface area contributed by atoms with Gasteiger partial charge >= 0.3 is 12.6 Å². The number of aromatic nitrogens is 4. The molecule has 2 aromatic heterocycles. The van der Waals surface area contributed by atoms with Gasteiger partial charge in [-0.2, -0.15) is 19.1 Å². The summed E-state index contributed by atoms with van der Waals surface area (Å²) in [5, 5.41) is 26.5. The number of aliphatic imine (C=N–C) groups is 1. The average Bonchev–Trinajstić information content (AvgIpc) is 3.39. The van der Waals surface area contributed by atoms with Crippen LogP contribution in [0.4, 0.5) is 23.7 Å². The number of amidine groups is 1. The van der Waals surface area contributed by atoms with Crippen molar-refractivity contribution in [1.29, 1.82) is 5.26 Å². The number of amides is 2. The van der Waals surface area contributed by atoms with Crippen LogP contribution in [0.25, 0.3) is 0 Å². The first-order valence-electron chi connectivity index (χ1n) is 9.73. The first kappa shape index (κ1) is 23.8. The lowest BCUT2D eigenvalue weighted by molar-refractivity contribution is 0.0561. The molecule has 0 spiro atoms. The Kier molecular flexibility index (Phi) is 5.95. The number of carbonyl (C=O) groups excluding carboxylic acids is 1. The van der Waals surface area contributed by atoms with E-state index >= 15 is 0 Å². The second kappa shape index (κ2) is 8.76. The zero-order valence-corrected chi connectivity index (χ0v) is 18.4. The van der Waals surface area contributed by atoms with Gasteiger partial charge in [-0.05, 0) is 31.2 Å². The van der Waals surface area contributed by atoms with E-state index in [9.17, 15) is 33.1 Å². The number of benzene rings is 1. The zero-order valence-electron chi connectivity index (χ0n) is 17.6. The molecular weight excluding hydrogens is 493 g/mol. The molecule has 180 valence electrons. The Morgan fingerprint density at radius 3 is 2.69 bits per heavy atom. The Morgan fingerprint density at radius 1 is 1.31 bits per heavy atom. The number of hydrogen-bond donors (Lipinski definition) is 3. The van der Waals surface area contributed by atoms with Crippen LogP contribution < -0.4 is 10.6 Å². The molecule has 1 aromatic carbocycles. The van der Waals surface area contributed by atoms with Crippen molar-refractivity contribution in [2.75, 3.05) is 5.32 Å². The van der Waals surface area contributed by atoms with Crippen molar-refractivity contribution in [3.63, 3.8) is 0 Å². The molecule has 0 bridgehead atoms. The van der Waals surface area contributed by atoms with E-state index in [1.54, 1.807) is 0 Å². The molecule has 3 N–H and O–H groups in total. The number of carbonyl (C=O) groups is 2. The van der Waals surface area contributed by atoms with Gasteiger partial charge in [0.05, 0.1) is 6.54 Å². The molecule has 15 heteroatoms. The minimum atomic E-state index is -2.92. The van der Waals surface area contributed by atoms with E-state index in [0.717, 1.165) is 18.3 Å². The van der Waals surface area contributed by atoms with E-state index in [1.165, 1.54) is 23.6 Å². The lowest BCUT2D eigenvalue weighted by Gasteiger charge is -2.32. The van der Waals surface area contributed by atoms with Crippen LogP contribution in [-0.2, 0) is 12.1 Å². The predicted octanol–water partition coefficient (Wildman–Crippen LogP) is 3.33. The predicted molar refractivity (Wildman–Crippen MR) is 115 cm³/mol. The first-order valence-corrected chi connectivity index (χ1v) is 10.1. The van der Waals surface area contributed by atoms with Crippen LogP contribution in [0.5, 0.6) is 0 Å². The molecule has 1 atom stereocenters. The van der Waals surface area contributed by atoms with E-state index in [0.29, 0.717) is 4.68 Å². The van der Waals surface area contributed by atoms with Crippen molar-refractivity contribution in [1.82, 2.24) is 24.6 Å². The topological polar surface area (TPSA) is 150 Å². The minimum absolute atomic E-state index is 0.0223. The number of nitrogens with zero attached hydrogens (tertiary/aromatic N) is 6. The maximum atomic E-state index is 15.0. The Labute approximate surface area is 199 Å². The quantitative estimate of drug-likeness (QED) is 0.494. The minimum Gasteiger partial charge on any atom is -0.465 e. The summed E-state index contributed by atoms with van der Waals surface area (Å²) >= 11 is 6.01. The van der Waals surface area contributed by atoms with Crippen molar-refractivity contribution in [3.8, 4) is 6.07 Å². The van der Waals surface area contributed by atoms with Gasteiger partial charge < -0.3 is 15.0 Å². The summed E-state index contributed by atoms with van der Waals surface area (Å²) in [6, 6.07) is 6.52. The van der Waals surface area contributed by atoms with Crippen LogP contribution in [0.1, 0.15) is 41.0 Å². The van der Waals surface area contributed by atoms with Crippen molar-refractivity contribution in [2.45, 2.75) is 25.6 Å².